The first kappa shape index (κ1) is 27.9. The van der Waals surface area contributed by atoms with Crippen LogP contribution in [-0.4, -0.2) is 33.2 Å². The number of hydrazone groups is 1. The molecule has 0 unspecified atom stereocenters. The van der Waals surface area contributed by atoms with Crippen LogP contribution >= 0.6 is 0 Å². The summed E-state index contributed by atoms with van der Waals surface area (Å²) in [5.41, 5.74) is 5.64. The molecule has 3 rings (SSSR count). The molecule has 0 aliphatic heterocycles. The van der Waals surface area contributed by atoms with Crippen LogP contribution in [0.1, 0.15) is 45.2 Å². The Labute approximate surface area is 220 Å². The number of sulfonamides is 1. The number of hydrogen-bond donors (Lipinski definition) is 1. The maximum atomic E-state index is 13.6. The SMILES string of the molecule is CCOc1ccc(S(=O)(=O)N(CC(=O)N/N=C(/C)CC(C)(C)c2ccccc2)c2ccc(C)cc2)cc1. The van der Waals surface area contributed by atoms with E-state index < -0.39 is 22.5 Å². The van der Waals surface area contributed by atoms with Crippen molar-refractivity contribution in [3.63, 3.8) is 0 Å². The van der Waals surface area contributed by atoms with Crippen molar-refractivity contribution in [2.45, 2.75) is 51.3 Å². The lowest BCUT2D eigenvalue weighted by Crippen LogP contribution is -2.39. The highest BCUT2D eigenvalue weighted by Gasteiger charge is 2.27. The van der Waals surface area contributed by atoms with Crippen molar-refractivity contribution in [1.82, 2.24) is 5.43 Å². The number of anilines is 1. The number of amides is 1. The second kappa shape index (κ2) is 12.1. The Balaban J connectivity index is 1.79. The molecule has 0 aromatic heterocycles. The lowest BCUT2D eigenvalue weighted by atomic mass is 9.80. The third-order valence-electron chi connectivity index (χ3n) is 5.96. The average Bonchev–Trinajstić information content (AvgIpc) is 2.87. The van der Waals surface area contributed by atoms with Crippen molar-refractivity contribution in [2.75, 3.05) is 17.5 Å². The standard InChI is InChI=1S/C29H35N3O4S/c1-6-36-26-16-18-27(19-17-26)37(34,35)32(25-14-12-22(2)13-15-25)21-28(33)31-30-23(3)20-29(4,5)24-10-8-7-9-11-24/h7-19H,6,20-21H2,1-5H3,(H,31,33)/b30-23-. The molecular formula is C29H35N3O4S. The van der Waals surface area contributed by atoms with E-state index in [1.54, 1.807) is 24.3 Å². The number of benzene rings is 3. The highest BCUT2D eigenvalue weighted by atomic mass is 32.2. The molecule has 0 heterocycles. The molecular weight excluding hydrogens is 486 g/mol. The second-order valence-corrected chi connectivity index (χ2v) is 11.4. The van der Waals surface area contributed by atoms with E-state index in [-0.39, 0.29) is 10.3 Å². The lowest BCUT2D eigenvalue weighted by Gasteiger charge is -2.25. The monoisotopic (exact) mass is 521 g/mol. The van der Waals surface area contributed by atoms with E-state index in [0.717, 1.165) is 15.6 Å². The molecule has 8 heteroatoms. The molecule has 0 bridgehead atoms. The first-order valence-electron chi connectivity index (χ1n) is 12.2. The minimum atomic E-state index is -4.03. The molecule has 0 aliphatic carbocycles. The van der Waals surface area contributed by atoms with Crippen LogP contribution in [0, 0.1) is 6.92 Å². The molecule has 1 amide bonds. The first-order valence-corrected chi connectivity index (χ1v) is 13.7. The topological polar surface area (TPSA) is 88.1 Å². The fourth-order valence-corrected chi connectivity index (χ4v) is 5.44. The highest BCUT2D eigenvalue weighted by molar-refractivity contribution is 7.92. The van der Waals surface area contributed by atoms with Crippen molar-refractivity contribution < 1.29 is 17.9 Å². The van der Waals surface area contributed by atoms with Crippen LogP contribution in [0.15, 0.2) is 88.9 Å². The molecule has 196 valence electrons. The lowest BCUT2D eigenvalue weighted by molar-refractivity contribution is -0.119. The molecule has 0 saturated heterocycles. The van der Waals surface area contributed by atoms with Gasteiger partial charge in [0.05, 0.1) is 17.2 Å². The van der Waals surface area contributed by atoms with Gasteiger partial charge in [-0.25, -0.2) is 13.8 Å². The fourth-order valence-electron chi connectivity index (χ4n) is 4.02. The predicted octanol–water partition coefficient (Wildman–Crippen LogP) is 5.45. The maximum absolute atomic E-state index is 13.6. The Morgan fingerprint density at radius 2 is 1.59 bits per heavy atom. The summed E-state index contributed by atoms with van der Waals surface area (Å²) in [7, 11) is -4.03. The van der Waals surface area contributed by atoms with Gasteiger partial charge in [0.25, 0.3) is 15.9 Å². The van der Waals surface area contributed by atoms with Gasteiger partial charge in [-0.1, -0.05) is 61.9 Å². The number of ether oxygens (including phenoxy) is 1. The molecule has 0 atom stereocenters. The third kappa shape index (κ3) is 7.43. The van der Waals surface area contributed by atoms with E-state index in [9.17, 15) is 13.2 Å². The van der Waals surface area contributed by atoms with Crippen LogP contribution in [0.4, 0.5) is 5.69 Å². The first-order chi connectivity index (χ1) is 17.5. The summed E-state index contributed by atoms with van der Waals surface area (Å²) in [4.78, 5) is 13.0. The molecule has 1 N–H and O–H groups in total. The van der Waals surface area contributed by atoms with Gasteiger partial charge in [0, 0.05) is 5.71 Å². The average molecular weight is 522 g/mol. The van der Waals surface area contributed by atoms with E-state index >= 15 is 0 Å². The normalized spacial score (nSPS) is 12.2. The molecule has 0 radical (unpaired) electrons. The van der Waals surface area contributed by atoms with Crippen LogP contribution in [0.5, 0.6) is 5.75 Å². The van der Waals surface area contributed by atoms with Crippen molar-refractivity contribution in [3.05, 3.63) is 90.0 Å². The second-order valence-electron chi connectivity index (χ2n) is 9.56. The Hall–Kier alpha value is -3.65. The van der Waals surface area contributed by atoms with Gasteiger partial charge in [0.2, 0.25) is 0 Å². The summed E-state index contributed by atoms with van der Waals surface area (Å²) in [6, 6.07) is 23.3. The zero-order valence-corrected chi connectivity index (χ0v) is 22.9. The van der Waals surface area contributed by atoms with Crippen LogP contribution in [0.2, 0.25) is 0 Å². The van der Waals surface area contributed by atoms with Crippen LogP contribution in [-0.2, 0) is 20.2 Å². The Bertz CT molecular complexity index is 1320. The number of hydrogen-bond acceptors (Lipinski definition) is 5. The smallest absolute Gasteiger partial charge is 0.264 e. The van der Waals surface area contributed by atoms with Gasteiger partial charge in [-0.3, -0.25) is 9.10 Å². The van der Waals surface area contributed by atoms with E-state index in [4.69, 9.17) is 4.74 Å². The Kier molecular flexibility index (Phi) is 9.10. The largest absolute Gasteiger partial charge is 0.494 e. The fraction of sp³-hybridized carbons (Fsp3) is 0.310. The van der Waals surface area contributed by atoms with Crippen molar-refractivity contribution >= 4 is 27.3 Å². The van der Waals surface area contributed by atoms with Gasteiger partial charge in [-0.15, -0.1) is 0 Å². The summed E-state index contributed by atoms with van der Waals surface area (Å²) in [6.45, 7) is 9.91. The van der Waals surface area contributed by atoms with Gasteiger partial charge in [0.1, 0.15) is 12.3 Å². The number of carbonyl (C=O) groups is 1. The van der Waals surface area contributed by atoms with Gasteiger partial charge in [-0.2, -0.15) is 5.10 Å². The number of nitrogens with one attached hydrogen (secondary N) is 1. The van der Waals surface area contributed by atoms with E-state index in [2.05, 4.69) is 36.5 Å². The zero-order chi connectivity index (χ0) is 27.1. The molecule has 0 aliphatic rings. The van der Waals surface area contributed by atoms with Crippen molar-refractivity contribution in [1.29, 1.82) is 0 Å². The van der Waals surface area contributed by atoms with Gasteiger partial charge in [0.15, 0.2) is 0 Å². The minimum absolute atomic E-state index is 0.0635. The summed E-state index contributed by atoms with van der Waals surface area (Å²) in [5.74, 6) is 0.0382. The van der Waals surface area contributed by atoms with Crippen molar-refractivity contribution in [2.24, 2.45) is 5.10 Å². The maximum Gasteiger partial charge on any atom is 0.264 e. The van der Waals surface area contributed by atoms with Gasteiger partial charge >= 0.3 is 0 Å². The van der Waals surface area contributed by atoms with Gasteiger partial charge < -0.3 is 4.74 Å². The van der Waals surface area contributed by atoms with Crippen molar-refractivity contribution in [3.8, 4) is 5.75 Å². The number of aryl methyl sites for hydroxylation is 1. The predicted molar refractivity (Wildman–Crippen MR) is 149 cm³/mol. The number of rotatable bonds is 11. The Morgan fingerprint density at radius 3 is 2.19 bits per heavy atom. The highest BCUT2D eigenvalue weighted by Crippen LogP contribution is 2.28. The summed E-state index contributed by atoms with van der Waals surface area (Å²) >= 11 is 0. The van der Waals surface area contributed by atoms with Crippen LogP contribution in [0.25, 0.3) is 0 Å². The molecule has 0 fully saturated rings. The molecule has 0 saturated carbocycles. The molecule has 37 heavy (non-hydrogen) atoms. The quantitative estimate of drug-likeness (QED) is 0.269. The molecule has 0 spiro atoms. The van der Waals surface area contributed by atoms with Crippen LogP contribution in [0.3, 0.4) is 0 Å². The molecule has 3 aromatic rings. The summed E-state index contributed by atoms with van der Waals surface area (Å²) in [6.07, 6.45) is 0.628. The van der Waals surface area contributed by atoms with E-state index in [1.165, 1.54) is 17.7 Å². The summed E-state index contributed by atoms with van der Waals surface area (Å²) < 4.78 is 33.7. The number of nitrogens with zero attached hydrogens (tertiary/aromatic N) is 2. The van der Waals surface area contributed by atoms with Crippen LogP contribution < -0.4 is 14.5 Å². The van der Waals surface area contributed by atoms with Gasteiger partial charge in [-0.05, 0) is 74.6 Å². The summed E-state index contributed by atoms with van der Waals surface area (Å²) in [5, 5.41) is 4.26. The third-order valence-corrected chi connectivity index (χ3v) is 7.74. The number of carbonyl (C=O) groups excluding carboxylic acids is 1. The molecule has 7 nitrogen and oxygen atoms in total. The molecule has 3 aromatic carbocycles. The van der Waals surface area contributed by atoms with E-state index in [1.807, 2.05) is 51.1 Å². The van der Waals surface area contributed by atoms with E-state index in [0.29, 0.717) is 24.5 Å². The minimum Gasteiger partial charge on any atom is -0.494 e. The Morgan fingerprint density at radius 1 is 0.973 bits per heavy atom. The zero-order valence-electron chi connectivity index (χ0n) is 22.1.